The maximum atomic E-state index is 6.14. The van der Waals surface area contributed by atoms with Crippen LogP contribution in [-0.4, -0.2) is 35.6 Å². The van der Waals surface area contributed by atoms with Gasteiger partial charge in [0.25, 0.3) is 0 Å². The van der Waals surface area contributed by atoms with Gasteiger partial charge >= 0.3 is 0 Å². The van der Waals surface area contributed by atoms with Crippen LogP contribution in [0.2, 0.25) is 5.02 Å². The number of nitrogens with zero attached hydrogens (tertiary/aromatic N) is 2. The molecule has 5 heteroatoms. The fraction of sp³-hybridized carbons (Fsp3) is 0.615. The van der Waals surface area contributed by atoms with Crippen LogP contribution in [0, 0.1) is 0 Å². The minimum atomic E-state index is 0.294. The number of nitrogens with one attached hydrogen (secondary N) is 1. The van der Waals surface area contributed by atoms with Gasteiger partial charge in [0.05, 0.1) is 5.02 Å². The smallest absolute Gasteiger partial charge is 0.128 e. The molecule has 0 amide bonds. The van der Waals surface area contributed by atoms with Crippen LogP contribution in [0.15, 0.2) is 12.3 Å². The van der Waals surface area contributed by atoms with Crippen LogP contribution in [0.1, 0.15) is 19.4 Å². The third kappa shape index (κ3) is 3.31. The second-order valence-corrected chi connectivity index (χ2v) is 7.40. The molecule has 1 N–H and O–H groups in total. The normalized spacial score (nSPS) is 19.0. The monoisotopic (exact) mass is 285 g/mol. The molecule has 0 bridgehead atoms. The van der Waals surface area contributed by atoms with Crippen LogP contribution in [-0.2, 0) is 6.54 Å². The van der Waals surface area contributed by atoms with Crippen molar-refractivity contribution in [3.63, 3.8) is 0 Å². The second kappa shape index (κ2) is 5.68. The van der Waals surface area contributed by atoms with Gasteiger partial charge in [0.15, 0.2) is 0 Å². The Kier molecular flexibility index (Phi) is 4.41. The van der Waals surface area contributed by atoms with Gasteiger partial charge in [-0.2, -0.15) is 11.8 Å². The van der Waals surface area contributed by atoms with Crippen molar-refractivity contribution in [2.45, 2.75) is 25.1 Å². The van der Waals surface area contributed by atoms with Gasteiger partial charge < -0.3 is 10.2 Å². The number of rotatable bonds is 3. The first-order chi connectivity index (χ1) is 8.52. The largest absolute Gasteiger partial charge is 0.354 e. The Labute approximate surface area is 118 Å². The minimum absolute atomic E-state index is 0.294. The van der Waals surface area contributed by atoms with Crippen LogP contribution in [0.3, 0.4) is 0 Å². The zero-order valence-electron chi connectivity index (χ0n) is 11.2. The number of hydrogen-bond donors (Lipinski definition) is 1. The molecule has 1 aromatic heterocycles. The summed E-state index contributed by atoms with van der Waals surface area (Å²) in [6.45, 7) is 7.44. The highest BCUT2D eigenvalue weighted by Crippen LogP contribution is 2.32. The van der Waals surface area contributed by atoms with E-state index >= 15 is 0 Å². The number of halogens is 1. The van der Waals surface area contributed by atoms with Crippen molar-refractivity contribution in [1.82, 2.24) is 10.3 Å². The molecule has 0 unspecified atom stereocenters. The van der Waals surface area contributed by atoms with Crippen molar-refractivity contribution in [1.29, 1.82) is 0 Å². The molecular weight excluding hydrogens is 266 g/mol. The molecule has 1 aliphatic heterocycles. The van der Waals surface area contributed by atoms with E-state index in [1.165, 1.54) is 0 Å². The molecule has 0 radical (unpaired) electrons. The third-order valence-electron chi connectivity index (χ3n) is 3.04. The topological polar surface area (TPSA) is 28.2 Å². The molecule has 1 aromatic rings. The molecular formula is C13H20ClN3S. The van der Waals surface area contributed by atoms with Crippen molar-refractivity contribution in [3.8, 4) is 0 Å². The van der Waals surface area contributed by atoms with Crippen LogP contribution >= 0.6 is 23.4 Å². The number of hydrogen-bond acceptors (Lipinski definition) is 4. The summed E-state index contributed by atoms with van der Waals surface area (Å²) >= 11 is 8.17. The Morgan fingerprint density at radius 3 is 3.00 bits per heavy atom. The van der Waals surface area contributed by atoms with Crippen molar-refractivity contribution in [2.75, 3.05) is 30.8 Å². The van der Waals surface area contributed by atoms with Gasteiger partial charge in [0.2, 0.25) is 0 Å². The van der Waals surface area contributed by atoms with Crippen LogP contribution in [0.5, 0.6) is 0 Å². The Morgan fingerprint density at radius 2 is 2.33 bits per heavy atom. The fourth-order valence-electron chi connectivity index (χ4n) is 2.18. The highest BCUT2D eigenvalue weighted by molar-refractivity contribution is 8.00. The molecule has 1 saturated heterocycles. The van der Waals surface area contributed by atoms with Crippen molar-refractivity contribution < 1.29 is 0 Å². The lowest BCUT2D eigenvalue weighted by Gasteiger charge is -2.38. The molecule has 18 heavy (non-hydrogen) atoms. The van der Waals surface area contributed by atoms with E-state index in [-0.39, 0.29) is 0 Å². The summed E-state index contributed by atoms with van der Waals surface area (Å²) < 4.78 is 0.294. The number of thioether (sulfide) groups is 1. The zero-order valence-corrected chi connectivity index (χ0v) is 12.7. The van der Waals surface area contributed by atoms with Gasteiger partial charge in [-0.05, 0) is 32.5 Å². The average molecular weight is 286 g/mol. The van der Waals surface area contributed by atoms with Gasteiger partial charge in [-0.15, -0.1) is 0 Å². The average Bonchev–Trinajstić information content (AvgIpc) is 2.31. The summed E-state index contributed by atoms with van der Waals surface area (Å²) in [6.07, 6.45) is 1.76. The van der Waals surface area contributed by atoms with Gasteiger partial charge in [-0.25, -0.2) is 4.98 Å². The molecule has 2 heterocycles. The summed E-state index contributed by atoms with van der Waals surface area (Å²) in [7, 11) is 1.93. The predicted octanol–water partition coefficient (Wildman–Crippen LogP) is 2.79. The van der Waals surface area contributed by atoms with Gasteiger partial charge in [0.1, 0.15) is 5.82 Å². The molecule has 0 spiro atoms. The number of pyridine rings is 1. The summed E-state index contributed by atoms with van der Waals surface area (Å²) in [4.78, 5) is 6.82. The maximum Gasteiger partial charge on any atom is 0.128 e. The summed E-state index contributed by atoms with van der Waals surface area (Å²) in [6, 6.07) is 2.10. The summed E-state index contributed by atoms with van der Waals surface area (Å²) in [5, 5.41) is 3.87. The molecule has 2 rings (SSSR count). The number of anilines is 1. The van der Waals surface area contributed by atoms with E-state index in [1.807, 2.05) is 18.8 Å². The Balaban J connectivity index is 2.20. The van der Waals surface area contributed by atoms with Crippen molar-refractivity contribution >= 4 is 29.2 Å². The van der Waals surface area contributed by atoms with E-state index in [1.54, 1.807) is 6.20 Å². The van der Waals surface area contributed by atoms with E-state index in [0.29, 0.717) is 4.75 Å². The van der Waals surface area contributed by atoms with Crippen LogP contribution < -0.4 is 10.2 Å². The SMILES string of the molecule is CNCc1cc(N2CCSC(C)(C)C2)ncc1Cl. The first kappa shape index (κ1) is 14.0. The van der Waals surface area contributed by atoms with Gasteiger partial charge in [0, 0.05) is 36.3 Å². The first-order valence-corrected chi connectivity index (χ1v) is 7.56. The molecule has 0 atom stereocenters. The van der Waals surface area contributed by atoms with E-state index in [0.717, 1.165) is 41.8 Å². The fourth-order valence-corrected chi connectivity index (χ4v) is 3.46. The summed E-state index contributed by atoms with van der Waals surface area (Å²) in [5.74, 6) is 2.19. The van der Waals surface area contributed by atoms with Crippen molar-refractivity contribution in [3.05, 3.63) is 22.8 Å². The third-order valence-corrected chi connectivity index (χ3v) is 4.67. The molecule has 100 valence electrons. The lowest BCUT2D eigenvalue weighted by Crippen LogP contribution is -2.43. The first-order valence-electron chi connectivity index (χ1n) is 6.20. The van der Waals surface area contributed by atoms with E-state index < -0.39 is 0 Å². The van der Waals surface area contributed by atoms with Crippen LogP contribution in [0.4, 0.5) is 5.82 Å². The lowest BCUT2D eigenvalue weighted by molar-refractivity contribution is 0.641. The number of aromatic nitrogens is 1. The van der Waals surface area contributed by atoms with Crippen LogP contribution in [0.25, 0.3) is 0 Å². The maximum absolute atomic E-state index is 6.14. The zero-order chi connectivity index (χ0) is 13.2. The summed E-state index contributed by atoms with van der Waals surface area (Å²) in [5.41, 5.74) is 1.11. The Bertz CT molecular complexity index is 423. The quantitative estimate of drug-likeness (QED) is 0.924. The van der Waals surface area contributed by atoms with E-state index in [9.17, 15) is 0 Å². The Hall–Kier alpha value is -0.450. The molecule has 0 aromatic carbocycles. The second-order valence-electron chi connectivity index (χ2n) is 5.19. The highest BCUT2D eigenvalue weighted by atomic mass is 35.5. The molecule has 1 aliphatic rings. The minimum Gasteiger partial charge on any atom is -0.354 e. The molecule has 0 saturated carbocycles. The van der Waals surface area contributed by atoms with E-state index in [2.05, 4.69) is 35.1 Å². The van der Waals surface area contributed by atoms with E-state index in [4.69, 9.17) is 11.6 Å². The van der Waals surface area contributed by atoms with Gasteiger partial charge in [-0.1, -0.05) is 11.6 Å². The molecule has 1 fully saturated rings. The highest BCUT2D eigenvalue weighted by Gasteiger charge is 2.27. The lowest BCUT2D eigenvalue weighted by atomic mass is 10.1. The molecule has 0 aliphatic carbocycles. The van der Waals surface area contributed by atoms with Crippen molar-refractivity contribution in [2.24, 2.45) is 0 Å². The Morgan fingerprint density at radius 1 is 1.56 bits per heavy atom. The standard InChI is InChI=1S/C13H20ClN3S/c1-13(2)9-17(4-5-18-13)12-6-10(7-15-3)11(14)8-16-12/h6,8,15H,4-5,7,9H2,1-3H3. The van der Waals surface area contributed by atoms with Gasteiger partial charge in [-0.3, -0.25) is 0 Å². The predicted molar refractivity (Wildman–Crippen MR) is 80.8 cm³/mol. The molecule has 3 nitrogen and oxygen atoms in total.